The van der Waals surface area contributed by atoms with E-state index < -0.39 is 12.1 Å². The van der Waals surface area contributed by atoms with E-state index >= 15 is 0 Å². The van der Waals surface area contributed by atoms with Gasteiger partial charge in [0, 0.05) is 12.6 Å². The molecule has 1 saturated heterocycles. The van der Waals surface area contributed by atoms with E-state index in [1.807, 2.05) is 0 Å². The van der Waals surface area contributed by atoms with E-state index in [9.17, 15) is 18.0 Å². The van der Waals surface area contributed by atoms with E-state index in [4.69, 9.17) is 0 Å². The Bertz CT molecular complexity index is 251. The zero-order valence-corrected chi connectivity index (χ0v) is 7.68. The number of fused-ring (bicyclic) bond motifs is 1. The summed E-state index contributed by atoms with van der Waals surface area (Å²) in [6.45, 7) is 0.285. The fraction of sp³-hybridized carbons (Fsp3) is 0.889. The molecule has 14 heavy (non-hydrogen) atoms. The van der Waals surface area contributed by atoms with E-state index in [1.54, 1.807) is 0 Å². The second kappa shape index (κ2) is 3.14. The number of likely N-dealkylation sites (tertiary alicyclic amines) is 1. The number of carbonyl (C=O) groups excluding carboxylic acids is 1. The van der Waals surface area contributed by atoms with E-state index in [2.05, 4.69) is 0 Å². The first kappa shape index (κ1) is 9.80. The van der Waals surface area contributed by atoms with Gasteiger partial charge in [-0.15, -0.1) is 0 Å². The highest BCUT2D eigenvalue weighted by Gasteiger charge is 2.49. The molecule has 2 rings (SSSR count). The average molecular weight is 207 g/mol. The lowest BCUT2D eigenvalue weighted by Gasteiger charge is -2.24. The summed E-state index contributed by atoms with van der Waals surface area (Å²) in [5, 5.41) is 0. The molecule has 1 saturated carbocycles. The van der Waals surface area contributed by atoms with Crippen molar-refractivity contribution >= 4 is 5.91 Å². The standard InChI is InChI=1S/C9H12F3NO/c10-9(11,12)8(14)13-5-4-6-2-1-3-7(6)13/h6-7H,1-5H2/t6-,7-/m0/s1. The summed E-state index contributed by atoms with van der Waals surface area (Å²) in [4.78, 5) is 12.0. The summed E-state index contributed by atoms with van der Waals surface area (Å²) in [7, 11) is 0. The van der Waals surface area contributed by atoms with Crippen LogP contribution < -0.4 is 0 Å². The quantitative estimate of drug-likeness (QED) is 0.594. The van der Waals surface area contributed by atoms with Crippen LogP contribution in [0.15, 0.2) is 0 Å². The number of hydrogen-bond acceptors (Lipinski definition) is 1. The lowest BCUT2D eigenvalue weighted by molar-refractivity contribution is -0.186. The van der Waals surface area contributed by atoms with Gasteiger partial charge in [0.05, 0.1) is 0 Å². The summed E-state index contributed by atoms with van der Waals surface area (Å²) >= 11 is 0. The van der Waals surface area contributed by atoms with Crippen molar-refractivity contribution < 1.29 is 18.0 Å². The predicted octanol–water partition coefficient (Wildman–Crippen LogP) is 1.95. The predicted molar refractivity (Wildman–Crippen MR) is 43.5 cm³/mol. The van der Waals surface area contributed by atoms with Crippen LogP contribution in [0.4, 0.5) is 13.2 Å². The number of alkyl halides is 3. The number of carbonyl (C=O) groups is 1. The fourth-order valence-corrected chi connectivity index (χ4v) is 2.65. The zero-order valence-electron chi connectivity index (χ0n) is 7.68. The molecule has 0 bridgehead atoms. The number of hydrogen-bond donors (Lipinski definition) is 0. The van der Waals surface area contributed by atoms with Crippen LogP contribution in [0.1, 0.15) is 25.7 Å². The van der Waals surface area contributed by atoms with Crippen molar-refractivity contribution in [3.63, 3.8) is 0 Å². The number of nitrogens with zero attached hydrogens (tertiary/aromatic N) is 1. The molecule has 1 aliphatic heterocycles. The van der Waals surface area contributed by atoms with Crippen LogP contribution >= 0.6 is 0 Å². The molecule has 2 atom stereocenters. The van der Waals surface area contributed by atoms with Crippen molar-refractivity contribution in [2.24, 2.45) is 5.92 Å². The highest BCUT2D eigenvalue weighted by atomic mass is 19.4. The monoisotopic (exact) mass is 207 g/mol. The Kier molecular flexibility index (Phi) is 2.20. The normalized spacial score (nSPS) is 32.1. The van der Waals surface area contributed by atoms with Gasteiger partial charge in [0.15, 0.2) is 0 Å². The van der Waals surface area contributed by atoms with Gasteiger partial charge in [0.25, 0.3) is 0 Å². The maximum absolute atomic E-state index is 12.2. The van der Waals surface area contributed by atoms with Gasteiger partial charge >= 0.3 is 12.1 Å². The molecule has 0 spiro atoms. The minimum atomic E-state index is -4.70. The largest absolute Gasteiger partial charge is 0.471 e. The maximum Gasteiger partial charge on any atom is 0.471 e. The molecule has 1 amide bonds. The van der Waals surface area contributed by atoms with Gasteiger partial charge in [-0.1, -0.05) is 6.42 Å². The Labute approximate surface area is 80.1 Å². The van der Waals surface area contributed by atoms with Crippen LogP contribution in [-0.4, -0.2) is 29.6 Å². The number of rotatable bonds is 0. The number of halogens is 3. The SMILES string of the molecule is O=C(N1CC[C@@H]2CCC[C@@H]21)C(F)(F)F. The minimum Gasteiger partial charge on any atom is -0.332 e. The molecule has 2 aliphatic rings. The topological polar surface area (TPSA) is 20.3 Å². The van der Waals surface area contributed by atoms with Gasteiger partial charge in [-0.3, -0.25) is 4.79 Å². The summed E-state index contributed by atoms with van der Waals surface area (Å²) in [5.41, 5.74) is 0. The summed E-state index contributed by atoms with van der Waals surface area (Å²) in [6, 6.07) is -0.135. The third-order valence-electron chi connectivity index (χ3n) is 3.26. The Morgan fingerprint density at radius 3 is 2.57 bits per heavy atom. The van der Waals surface area contributed by atoms with Gasteiger partial charge in [-0.05, 0) is 25.2 Å². The molecule has 80 valence electrons. The first-order valence-electron chi connectivity index (χ1n) is 4.88. The molecular formula is C9H12F3NO. The first-order valence-corrected chi connectivity index (χ1v) is 4.88. The lowest BCUT2D eigenvalue weighted by atomic mass is 10.0. The van der Waals surface area contributed by atoms with E-state index in [1.165, 1.54) is 0 Å². The Balaban J connectivity index is 2.09. The van der Waals surface area contributed by atoms with Crippen molar-refractivity contribution in [3.05, 3.63) is 0 Å². The van der Waals surface area contributed by atoms with Crippen molar-refractivity contribution in [1.29, 1.82) is 0 Å². The van der Waals surface area contributed by atoms with Crippen LogP contribution in [0.2, 0.25) is 0 Å². The Hall–Kier alpha value is -0.740. The molecule has 0 N–H and O–H groups in total. The molecule has 1 heterocycles. The second-order valence-electron chi connectivity index (χ2n) is 4.04. The van der Waals surface area contributed by atoms with Crippen molar-refractivity contribution in [3.8, 4) is 0 Å². The van der Waals surface area contributed by atoms with Crippen LogP contribution in [0.5, 0.6) is 0 Å². The van der Waals surface area contributed by atoms with Crippen LogP contribution in [0.3, 0.4) is 0 Å². The van der Waals surface area contributed by atoms with Gasteiger partial charge in [-0.25, -0.2) is 0 Å². The van der Waals surface area contributed by atoms with E-state index in [-0.39, 0.29) is 12.6 Å². The Morgan fingerprint density at radius 2 is 1.93 bits per heavy atom. The lowest BCUT2D eigenvalue weighted by Crippen LogP contribution is -2.44. The smallest absolute Gasteiger partial charge is 0.332 e. The van der Waals surface area contributed by atoms with Crippen LogP contribution in [0.25, 0.3) is 0 Å². The molecule has 0 aromatic rings. The molecular weight excluding hydrogens is 195 g/mol. The van der Waals surface area contributed by atoms with E-state index in [0.717, 1.165) is 30.6 Å². The van der Waals surface area contributed by atoms with Gasteiger partial charge in [-0.2, -0.15) is 13.2 Å². The third-order valence-corrected chi connectivity index (χ3v) is 3.26. The molecule has 1 aliphatic carbocycles. The van der Waals surface area contributed by atoms with Crippen LogP contribution in [0, 0.1) is 5.92 Å². The fourth-order valence-electron chi connectivity index (χ4n) is 2.65. The minimum absolute atomic E-state index is 0.135. The Morgan fingerprint density at radius 1 is 1.21 bits per heavy atom. The molecule has 2 fully saturated rings. The van der Waals surface area contributed by atoms with Crippen molar-refractivity contribution in [2.45, 2.75) is 37.9 Å². The van der Waals surface area contributed by atoms with Crippen molar-refractivity contribution in [1.82, 2.24) is 4.90 Å². The van der Waals surface area contributed by atoms with Crippen LogP contribution in [-0.2, 0) is 4.79 Å². The summed E-state index contributed by atoms with van der Waals surface area (Å²) in [6.07, 6.45) is -1.28. The molecule has 5 heteroatoms. The third kappa shape index (κ3) is 1.48. The first-order chi connectivity index (χ1) is 6.50. The molecule has 0 aromatic heterocycles. The van der Waals surface area contributed by atoms with E-state index in [0.29, 0.717) is 5.92 Å². The van der Waals surface area contributed by atoms with Gasteiger partial charge in [0.2, 0.25) is 0 Å². The molecule has 0 unspecified atom stereocenters. The van der Waals surface area contributed by atoms with Gasteiger partial charge < -0.3 is 4.90 Å². The van der Waals surface area contributed by atoms with Crippen molar-refractivity contribution in [2.75, 3.05) is 6.54 Å². The zero-order chi connectivity index (χ0) is 10.3. The number of amides is 1. The molecule has 0 aromatic carbocycles. The highest BCUT2D eigenvalue weighted by molar-refractivity contribution is 5.82. The van der Waals surface area contributed by atoms with Gasteiger partial charge in [0.1, 0.15) is 0 Å². The maximum atomic E-state index is 12.2. The molecule has 2 nitrogen and oxygen atoms in total. The highest BCUT2D eigenvalue weighted by Crippen LogP contribution is 2.39. The second-order valence-corrected chi connectivity index (χ2v) is 4.04. The molecule has 0 radical (unpaired) electrons. The summed E-state index contributed by atoms with van der Waals surface area (Å²) < 4.78 is 36.5. The average Bonchev–Trinajstić information content (AvgIpc) is 2.59. The summed E-state index contributed by atoms with van der Waals surface area (Å²) in [5.74, 6) is -1.33.